The van der Waals surface area contributed by atoms with Crippen LogP contribution in [-0.4, -0.2) is 17.1 Å². The number of nitro groups is 1. The number of hydrogen-bond donors (Lipinski definition) is 1. The lowest BCUT2D eigenvalue weighted by atomic mass is 9.90. The molecule has 1 aromatic carbocycles. The van der Waals surface area contributed by atoms with Crippen molar-refractivity contribution in [3.63, 3.8) is 0 Å². The second kappa shape index (κ2) is 4.27. The Morgan fingerprint density at radius 1 is 1.50 bits per heavy atom. The number of nitrogens with two attached hydrogens (primary N) is 1. The summed E-state index contributed by atoms with van der Waals surface area (Å²) < 4.78 is 5.53. The number of nitrogens with zero attached hydrogens (tertiary/aromatic N) is 1. The zero-order valence-electron chi connectivity index (χ0n) is 8.43. The number of rotatable bonds is 3. The summed E-state index contributed by atoms with van der Waals surface area (Å²) in [4.78, 5) is 10.1. The molecule has 0 unspecified atom stereocenters. The van der Waals surface area contributed by atoms with Crippen LogP contribution in [0.4, 0.5) is 5.69 Å². The average Bonchev–Trinajstić information content (AvgIpc) is 2.18. The van der Waals surface area contributed by atoms with E-state index in [4.69, 9.17) is 22.1 Å². The number of hydrogen-bond acceptors (Lipinski definition) is 4. The molecule has 2 rings (SSSR count). The van der Waals surface area contributed by atoms with Gasteiger partial charge in [-0.2, -0.15) is 0 Å². The normalized spacial score (nSPS) is 23.6. The van der Waals surface area contributed by atoms with Gasteiger partial charge in [0, 0.05) is 12.1 Å². The van der Waals surface area contributed by atoms with Crippen molar-refractivity contribution in [1.82, 2.24) is 0 Å². The summed E-state index contributed by atoms with van der Waals surface area (Å²) >= 11 is 5.88. The van der Waals surface area contributed by atoms with Crippen LogP contribution in [0.3, 0.4) is 0 Å². The van der Waals surface area contributed by atoms with Gasteiger partial charge in [0.1, 0.15) is 11.9 Å². The lowest BCUT2D eigenvalue weighted by Crippen LogP contribution is -2.43. The van der Waals surface area contributed by atoms with Crippen LogP contribution in [0.1, 0.15) is 12.8 Å². The summed E-state index contributed by atoms with van der Waals surface area (Å²) in [5.41, 5.74) is 5.59. The highest BCUT2D eigenvalue weighted by molar-refractivity contribution is 6.32. The van der Waals surface area contributed by atoms with Crippen LogP contribution in [0.25, 0.3) is 0 Å². The monoisotopic (exact) mass is 242 g/mol. The van der Waals surface area contributed by atoms with E-state index in [-0.39, 0.29) is 17.8 Å². The zero-order chi connectivity index (χ0) is 11.7. The van der Waals surface area contributed by atoms with Gasteiger partial charge in [-0.3, -0.25) is 10.1 Å². The molecular formula is C10H11ClN2O3. The van der Waals surface area contributed by atoms with Gasteiger partial charge < -0.3 is 10.5 Å². The van der Waals surface area contributed by atoms with E-state index in [1.165, 1.54) is 18.2 Å². The Balaban J connectivity index is 2.12. The van der Waals surface area contributed by atoms with Crippen LogP contribution in [0, 0.1) is 10.1 Å². The molecule has 6 heteroatoms. The van der Waals surface area contributed by atoms with Gasteiger partial charge in [0.25, 0.3) is 5.69 Å². The van der Waals surface area contributed by atoms with Crippen molar-refractivity contribution < 1.29 is 9.66 Å². The first-order chi connectivity index (χ1) is 7.56. The number of nitro benzene ring substituents is 1. The molecule has 0 aliphatic heterocycles. The van der Waals surface area contributed by atoms with Crippen molar-refractivity contribution in [2.45, 2.75) is 25.0 Å². The highest BCUT2D eigenvalue weighted by atomic mass is 35.5. The molecule has 2 N–H and O–H groups in total. The Hall–Kier alpha value is -1.33. The average molecular weight is 243 g/mol. The topological polar surface area (TPSA) is 78.4 Å². The number of non-ortho nitro benzene ring substituents is 1. The van der Waals surface area contributed by atoms with Gasteiger partial charge in [-0.25, -0.2) is 0 Å². The van der Waals surface area contributed by atoms with Crippen LogP contribution >= 0.6 is 11.6 Å². The van der Waals surface area contributed by atoms with E-state index in [9.17, 15) is 10.1 Å². The second-order valence-electron chi connectivity index (χ2n) is 3.84. The summed E-state index contributed by atoms with van der Waals surface area (Å²) in [5.74, 6) is 0.354. The highest BCUT2D eigenvalue weighted by Gasteiger charge is 2.28. The lowest BCUT2D eigenvalue weighted by Gasteiger charge is -2.32. The van der Waals surface area contributed by atoms with E-state index < -0.39 is 4.92 Å². The van der Waals surface area contributed by atoms with Crippen molar-refractivity contribution in [1.29, 1.82) is 0 Å². The molecular weight excluding hydrogens is 232 g/mol. The third-order valence-corrected chi connectivity index (χ3v) is 2.86. The van der Waals surface area contributed by atoms with Crippen molar-refractivity contribution in [3.05, 3.63) is 33.3 Å². The summed E-state index contributed by atoms with van der Waals surface area (Å²) in [6.45, 7) is 0. The minimum absolute atomic E-state index is 0.0227. The summed E-state index contributed by atoms with van der Waals surface area (Å²) in [5, 5.41) is 11.0. The molecule has 0 aromatic heterocycles. The molecule has 1 saturated carbocycles. The first kappa shape index (κ1) is 11.2. The summed E-state index contributed by atoms with van der Waals surface area (Å²) in [7, 11) is 0. The van der Waals surface area contributed by atoms with Gasteiger partial charge in [0.15, 0.2) is 0 Å². The molecule has 16 heavy (non-hydrogen) atoms. The van der Waals surface area contributed by atoms with Crippen molar-refractivity contribution in [2.24, 2.45) is 5.73 Å². The lowest BCUT2D eigenvalue weighted by molar-refractivity contribution is -0.385. The van der Waals surface area contributed by atoms with Gasteiger partial charge in [-0.15, -0.1) is 0 Å². The van der Waals surface area contributed by atoms with Gasteiger partial charge >= 0.3 is 0 Å². The van der Waals surface area contributed by atoms with Gasteiger partial charge in [-0.05, 0) is 18.9 Å². The Morgan fingerprint density at radius 2 is 2.19 bits per heavy atom. The molecule has 0 radical (unpaired) electrons. The smallest absolute Gasteiger partial charge is 0.273 e. The van der Waals surface area contributed by atoms with E-state index in [2.05, 4.69) is 0 Å². The molecule has 1 aliphatic rings. The predicted octanol–water partition coefficient (Wildman–Crippen LogP) is 2.12. The SMILES string of the molecule is NC1CC(Oc2cc([N+](=O)[O-])ccc2Cl)C1. The van der Waals surface area contributed by atoms with E-state index in [0.29, 0.717) is 10.8 Å². The fourth-order valence-corrected chi connectivity index (χ4v) is 1.74. The standard InChI is InChI=1S/C10H11ClN2O3/c11-9-2-1-7(13(14)15)5-10(9)16-8-3-6(12)4-8/h1-2,5-6,8H,3-4,12H2. The second-order valence-corrected chi connectivity index (χ2v) is 4.25. The minimum Gasteiger partial charge on any atom is -0.488 e. The highest BCUT2D eigenvalue weighted by Crippen LogP contribution is 2.32. The van der Waals surface area contributed by atoms with Gasteiger partial charge in [-0.1, -0.05) is 11.6 Å². The quantitative estimate of drug-likeness (QED) is 0.650. The van der Waals surface area contributed by atoms with E-state index in [1.54, 1.807) is 0 Å². The summed E-state index contributed by atoms with van der Waals surface area (Å²) in [6.07, 6.45) is 1.55. The van der Waals surface area contributed by atoms with Crippen LogP contribution in [-0.2, 0) is 0 Å². The van der Waals surface area contributed by atoms with Crippen molar-refractivity contribution >= 4 is 17.3 Å². The third kappa shape index (κ3) is 2.25. The van der Waals surface area contributed by atoms with E-state index in [1.807, 2.05) is 0 Å². The fraction of sp³-hybridized carbons (Fsp3) is 0.400. The van der Waals surface area contributed by atoms with Crippen LogP contribution in [0.2, 0.25) is 5.02 Å². The maximum absolute atomic E-state index is 10.6. The van der Waals surface area contributed by atoms with Crippen LogP contribution in [0.5, 0.6) is 5.75 Å². The Labute approximate surface area is 97.3 Å². The summed E-state index contributed by atoms with van der Waals surface area (Å²) in [6, 6.07) is 4.32. The number of halogens is 1. The maximum atomic E-state index is 10.6. The predicted molar refractivity (Wildman–Crippen MR) is 59.7 cm³/mol. The van der Waals surface area contributed by atoms with Crippen LogP contribution < -0.4 is 10.5 Å². The van der Waals surface area contributed by atoms with Crippen molar-refractivity contribution in [2.75, 3.05) is 0 Å². The largest absolute Gasteiger partial charge is 0.488 e. The molecule has 0 bridgehead atoms. The third-order valence-electron chi connectivity index (χ3n) is 2.55. The molecule has 1 aliphatic carbocycles. The molecule has 1 aromatic rings. The molecule has 0 amide bonds. The Morgan fingerprint density at radius 3 is 2.75 bits per heavy atom. The van der Waals surface area contributed by atoms with Gasteiger partial charge in [0.2, 0.25) is 0 Å². The molecule has 0 atom stereocenters. The minimum atomic E-state index is -0.476. The molecule has 0 heterocycles. The molecule has 0 saturated heterocycles. The van der Waals surface area contributed by atoms with Crippen LogP contribution in [0.15, 0.2) is 18.2 Å². The van der Waals surface area contributed by atoms with E-state index >= 15 is 0 Å². The Kier molecular flexibility index (Phi) is 2.98. The molecule has 0 spiro atoms. The molecule has 86 valence electrons. The maximum Gasteiger partial charge on any atom is 0.273 e. The van der Waals surface area contributed by atoms with Crippen molar-refractivity contribution in [3.8, 4) is 5.75 Å². The Bertz CT molecular complexity index is 419. The molecule has 5 nitrogen and oxygen atoms in total. The first-order valence-electron chi connectivity index (χ1n) is 4.92. The zero-order valence-corrected chi connectivity index (χ0v) is 9.18. The number of ether oxygens (including phenoxy) is 1. The first-order valence-corrected chi connectivity index (χ1v) is 5.30. The van der Waals surface area contributed by atoms with E-state index in [0.717, 1.165) is 12.8 Å². The number of benzene rings is 1. The fourth-order valence-electron chi connectivity index (χ4n) is 1.58. The van der Waals surface area contributed by atoms with Gasteiger partial charge in [0.05, 0.1) is 16.0 Å². The molecule has 1 fully saturated rings.